The van der Waals surface area contributed by atoms with Gasteiger partial charge in [0.15, 0.2) is 9.84 Å². The van der Waals surface area contributed by atoms with Crippen LogP contribution in [-0.4, -0.2) is 31.3 Å². The van der Waals surface area contributed by atoms with Crippen molar-refractivity contribution in [2.75, 3.05) is 17.6 Å². The second-order valence-electron chi connectivity index (χ2n) is 7.71. The number of fused-ring (bicyclic) bond motifs is 1. The van der Waals surface area contributed by atoms with Crippen LogP contribution in [0, 0.1) is 12.7 Å². The van der Waals surface area contributed by atoms with Crippen LogP contribution in [0.3, 0.4) is 0 Å². The molecule has 1 heterocycles. The average molecular weight is 466 g/mol. The van der Waals surface area contributed by atoms with Gasteiger partial charge in [-0.2, -0.15) is 0 Å². The minimum absolute atomic E-state index is 0.0625. The van der Waals surface area contributed by atoms with E-state index >= 15 is 0 Å². The first-order chi connectivity index (χ1) is 15.8. The van der Waals surface area contributed by atoms with Crippen molar-refractivity contribution in [2.24, 2.45) is 0 Å². The van der Waals surface area contributed by atoms with Crippen molar-refractivity contribution in [3.05, 3.63) is 95.9 Å². The van der Waals surface area contributed by atoms with Gasteiger partial charge in [0, 0.05) is 35.4 Å². The summed E-state index contributed by atoms with van der Waals surface area (Å²) in [6, 6.07) is 22.1. The van der Waals surface area contributed by atoms with Crippen LogP contribution < -0.4 is 10.6 Å². The molecule has 2 N–H and O–H groups in total. The lowest BCUT2D eigenvalue weighted by atomic mass is 10.2. The summed E-state index contributed by atoms with van der Waals surface area (Å²) in [5.74, 6) is -0.654. The zero-order chi connectivity index (χ0) is 23.4. The summed E-state index contributed by atoms with van der Waals surface area (Å²) < 4.78 is 41.6. The maximum atomic E-state index is 13.3. The Morgan fingerprint density at radius 3 is 2.33 bits per heavy atom. The molecule has 1 aromatic heterocycles. The largest absolute Gasteiger partial charge is 0.339 e. The van der Waals surface area contributed by atoms with E-state index in [1.807, 2.05) is 66.1 Å². The molecule has 0 aliphatic carbocycles. The third-order valence-corrected chi connectivity index (χ3v) is 7.30. The Bertz CT molecular complexity index is 1380. The third-order valence-electron chi connectivity index (χ3n) is 5.43. The van der Waals surface area contributed by atoms with Gasteiger partial charge in [0.05, 0.1) is 10.6 Å². The number of hydrogen-bond donors (Lipinski definition) is 2. The summed E-state index contributed by atoms with van der Waals surface area (Å²) in [6.45, 7) is 2.30. The van der Waals surface area contributed by atoms with E-state index in [1.54, 1.807) is 0 Å². The molecule has 0 unspecified atom stereocenters. The molecule has 8 heteroatoms. The summed E-state index contributed by atoms with van der Waals surface area (Å²) in [5, 5.41) is 5.78. The smallest absolute Gasteiger partial charge is 0.319 e. The molecule has 6 nitrogen and oxygen atoms in total. The van der Waals surface area contributed by atoms with Crippen LogP contribution in [0.4, 0.5) is 14.9 Å². The third kappa shape index (κ3) is 5.06. The number of nitrogens with one attached hydrogen (secondary N) is 2. The molecule has 4 aromatic rings. The van der Waals surface area contributed by atoms with Crippen LogP contribution in [0.15, 0.2) is 83.8 Å². The lowest BCUT2D eigenvalue weighted by Crippen LogP contribution is -2.33. The number of rotatable bonds is 7. The Morgan fingerprint density at radius 1 is 0.939 bits per heavy atom. The highest BCUT2D eigenvalue weighted by atomic mass is 32.2. The van der Waals surface area contributed by atoms with E-state index < -0.39 is 21.7 Å². The molecule has 2 amide bonds. The molecule has 0 fully saturated rings. The van der Waals surface area contributed by atoms with Gasteiger partial charge in [-0.05, 0) is 42.8 Å². The van der Waals surface area contributed by atoms with Crippen molar-refractivity contribution in [1.29, 1.82) is 0 Å². The zero-order valence-electron chi connectivity index (χ0n) is 18.1. The molecule has 3 aromatic carbocycles. The van der Waals surface area contributed by atoms with Crippen LogP contribution in [0.2, 0.25) is 0 Å². The maximum Gasteiger partial charge on any atom is 0.319 e. The summed E-state index contributed by atoms with van der Waals surface area (Å²) in [4.78, 5) is 12.4. The topological polar surface area (TPSA) is 80.2 Å². The van der Waals surface area contributed by atoms with Gasteiger partial charge in [0.1, 0.15) is 5.82 Å². The van der Waals surface area contributed by atoms with E-state index in [0.29, 0.717) is 23.3 Å². The number of para-hydroxylation sites is 1. The minimum atomic E-state index is -3.68. The fraction of sp³-hybridized carbons (Fsp3) is 0.160. The van der Waals surface area contributed by atoms with Gasteiger partial charge in [0.25, 0.3) is 0 Å². The number of aromatic nitrogens is 1. The van der Waals surface area contributed by atoms with Crippen molar-refractivity contribution >= 4 is 32.5 Å². The van der Waals surface area contributed by atoms with E-state index in [1.165, 1.54) is 24.3 Å². The number of carbonyl (C=O) groups excluding carboxylic acids is 1. The van der Waals surface area contributed by atoms with Crippen LogP contribution in [0.25, 0.3) is 10.9 Å². The van der Waals surface area contributed by atoms with Gasteiger partial charge in [0.2, 0.25) is 0 Å². The normalized spacial score (nSPS) is 11.5. The van der Waals surface area contributed by atoms with E-state index in [2.05, 4.69) is 10.6 Å². The molecule has 0 saturated heterocycles. The molecule has 0 aliphatic rings. The zero-order valence-corrected chi connectivity index (χ0v) is 18.9. The number of halogens is 1. The Hall–Kier alpha value is -3.65. The average Bonchev–Trinajstić information content (AvgIpc) is 3.08. The maximum absolute atomic E-state index is 13.3. The second kappa shape index (κ2) is 9.46. The molecule has 0 aliphatic heterocycles. The highest BCUT2D eigenvalue weighted by molar-refractivity contribution is 7.91. The van der Waals surface area contributed by atoms with Crippen molar-refractivity contribution < 1.29 is 17.6 Å². The van der Waals surface area contributed by atoms with Gasteiger partial charge < -0.3 is 15.2 Å². The Kier molecular flexibility index (Phi) is 6.46. The fourth-order valence-electron chi connectivity index (χ4n) is 3.87. The number of nitrogens with zero attached hydrogens (tertiary/aromatic N) is 1. The van der Waals surface area contributed by atoms with Crippen LogP contribution in [0.1, 0.15) is 11.3 Å². The van der Waals surface area contributed by atoms with Crippen molar-refractivity contribution in [2.45, 2.75) is 18.4 Å². The summed E-state index contributed by atoms with van der Waals surface area (Å²) in [7, 11) is -3.68. The van der Waals surface area contributed by atoms with Gasteiger partial charge in [-0.3, -0.25) is 0 Å². The number of hydrogen-bond acceptors (Lipinski definition) is 3. The first-order valence-electron chi connectivity index (χ1n) is 10.5. The van der Waals surface area contributed by atoms with E-state index in [0.717, 1.165) is 11.1 Å². The number of anilines is 1. The first-order valence-corrected chi connectivity index (χ1v) is 12.2. The van der Waals surface area contributed by atoms with Crippen LogP contribution in [0.5, 0.6) is 0 Å². The van der Waals surface area contributed by atoms with Gasteiger partial charge in [-0.25, -0.2) is 17.6 Å². The Balaban J connectivity index is 1.52. The number of sulfone groups is 1. The lowest BCUT2D eigenvalue weighted by molar-refractivity contribution is 0.252. The standard InChI is InChI=1S/C25H24FN3O3S/c1-18-24(22-9-5-6-10-23(22)29(18)17-19-7-3-2-4-8-19)33(31,32)16-15-27-25(30)28-21-13-11-20(26)12-14-21/h2-14H,15-17H2,1H3,(H2,27,28,30). The molecular formula is C25H24FN3O3S. The molecule has 0 saturated carbocycles. The Labute approximate surface area is 192 Å². The number of amides is 2. The monoisotopic (exact) mass is 465 g/mol. The van der Waals surface area contributed by atoms with E-state index in [9.17, 15) is 17.6 Å². The first kappa shape index (κ1) is 22.5. The van der Waals surface area contributed by atoms with Crippen molar-refractivity contribution in [1.82, 2.24) is 9.88 Å². The van der Waals surface area contributed by atoms with Crippen LogP contribution in [-0.2, 0) is 16.4 Å². The highest BCUT2D eigenvalue weighted by Crippen LogP contribution is 2.31. The van der Waals surface area contributed by atoms with Gasteiger partial charge in [-0.15, -0.1) is 0 Å². The molecule has 0 spiro atoms. The number of benzene rings is 3. The predicted octanol–water partition coefficient (Wildman–Crippen LogP) is 4.73. The second-order valence-corrected chi connectivity index (χ2v) is 9.76. The molecule has 0 atom stereocenters. The molecular weight excluding hydrogens is 441 g/mol. The SMILES string of the molecule is Cc1c(S(=O)(=O)CCNC(=O)Nc2ccc(F)cc2)c2ccccc2n1Cc1ccccc1. The van der Waals surface area contributed by atoms with Gasteiger partial charge in [-0.1, -0.05) is 48.5 Å². The highest BCUT2D eigenvalue weighted by Gasteiger charge is 2.25. The van der Waals surface area contributed by atoms with Crippen LogP contribution >= 0.6 is 0 Å². The molecule has 4 rings (SSSR count). The van der Waals surface area contributed by atoms with Crippen molar-refractivity contribution in [3.8, 4) is 0 Å². The molecule has 0 bridgehead atoms. The quantitative estimate of drug-likeness (QED) is 0.414. The number of urea groups is 1. The van der Waals surface area contributed by atoms with Crippen molar-refractivity contribution in [3.63, 3.8) is 0 Å². The minimum Gasteiger partial charge on any atom is -0.339 e. The predicted molar refractivity (Wildman–Crippen MR) is 128 cm³/mol. The molecule has 0 radical (unpaired) electrons. The Morgan fingerprint density at radius 2 is 1.61 bits per heavy atom. The summed E-state index contributed by atoms with van der Waals surface area (Å²) in [6.07, 6.45) is 0. The van der Waals surface area contributed by atoms with E-state index in [-0.39, 0.29) is 17.2 Å². The summed E-state index contributed by atoms with van der Waals surface area (Å²) >= 11 is 0. The lowest BCUT2D eigenvalue weighted by Gasteiger charge is -2.10. The van der Waals surface area contributed by atoms with Gasteiger partial charge >= 0.3 is 6.03 Å². The summed E-state index contributed by atoms with van der Waals surface area (Å²) in [5.41, 5.74) is 3.00. The molecule has 33 heavy (non-hydrogen) atoms. The fourth-order valence-corrected chi connectivity index (χ4v) is 5.51. The number of carbonyl (C=O) groups is 1. The van der Waals surface area contributed by atoms with E-state index in [4.69, 9.17) is 0 Å². The molecule has 170 valence electrons.